The number of rotatable bonds is 2. The van der Waals surface area contributed by atoms with Gasteiger partial charge in [0.2, 0.25) is 0 Å². The lowest BCUT2D eigenvalue weighted by Gasteiger charge is -2.62. The minimum atomic E-state index is 0.136. The Hall–Kier alpha value is -1.10. The van der Waals surface area contributed by atoms with Crippen LogP contribution in [0.2, 0.25) is 0 Å². The SMILES string of the molecule is CN=C(NCc1scnc1C)N1CC(C)(C)C1(C)C. The van der Waals surface area contributed by atoms with E-state index in [0.717, 1.165) is 24.7 Å². The number of hydrogen-bond acceptors (Lipinski definition) is 3. The van der Waals surface area contributed by atoms with Crippen molar-refractivity contribution >= 4 is 17.3 Å². The molecule has 0 aliphatic carbocycles. The molecule has 1 fully saturated rings. The summed E-state index contributed by atoms with van der Waals surface area (Å²) in [6.07, 6.45) is 0. The minimum Gasteiger partial charge on any atom is -0.351 e. The molecule has 0 saturated carbocycles. The Labute approximate surface area is 120 Å². The second-order valence-electron chi connectivity index (χ2n) is 6.29. The number of guanidine groups is 1. The summed E-state index contributed by atoms with van der Waals surface area (Å²) in [6, 6.07) is 0. The van der Waals surface area contributed by atoms with Crippen molar-refractivity contribution in [3.63, 3.8) is 0 Å². The van der Waals surface area contributed by atoms with E-state index < -0.39 is 0 Å². The largest absolute Gasteiger partial charge is 0.351 e. The van der Waals surface area contributed by atoms with Crippen LogP contribution in [-0.2, 0) is 6.54 Å². The third-order valence-electron chi connectivity index (χ3n) is 4.60. The van der Waals surface area contributed by atoms with Crippen molar-refractivity contribution in [3.05, 3.63) is 16.1 Å². The number of aliphatic imine (C=N–C) groups is 1. The predicted molar refractivity (Wildman–Crippen MR) is 81.6 cm³/mol. The molecule has 1 aliphatic rings. The van der Waals surface area contributed by atoms with Crippen LogP contribution in [0.25, 0.3) is 0 Å². The molecule has 5 heteroatoms. The molecule has 1 aliphatic heterocycles. The molecule has 1 N–H and O–H groups in total. The first-order valence-corrected chi connectivity index (χ1v) is 7.55. The van der Waals surface area contributed by atoms with Gasteiger partial charge in [0.1, 0.15) is 0 Å². The smallest absolute Gasteiger partial charge is 0.194 e. The molecule has 4 nitrogen and oxygen atoms in total. The lowest BCUT2D eigenvalue weighted by atomic mass is 9.65. The maximum atomic E-state index is 4.42. The Morgan fingerprint density at radius 1 is 1.47 bits per heavy atom. The van der Waals surface area contributed by atoms with E-state index in [1.807, 2.05) is 19.5 Å². The summed E-state index contributed by atoms with van der Waals surface area (Å²) in [5.41, 5.74) is 3.46. The van der Waals surface area contributed by atoms with Gasteiger partial charge >= 0.3 is 0 Å². The van der Waals surface area contributed by atoms with Crippen LogP contribution < -0.4 is 5.32 Å². The van der Waals surface area contributed by atoms with Crippen molar-refractivity contribution in [1.29, 1.82) is 0 Å². The number of thiazole rings is 1. The van der Waals surface area contributed by atoms with Crippen LogP contribution in [0.1, 0.15) is 38.3 Å². The normalized spacial score (nSPS) is 21.2. The molecule has 0 spiro atoms. The maximum absolute atomic E-state index is 4.42. The van der Waals surface area contributed by atoms with Crippen molar-refractivity contribution in [2.45, 2.75) is 46.7 Å². The lowest BCUT2D eigenvalue weighted by molar-refractivity contribution is -0.0667. The second-order valence-corrected chi connectivity index (χ2v) is 7.23. The van der Waals surface area contributed by atoms with Gasteiger partial charge in [-0.2, -0.15) is 0 Å². The highest BCUT2D eigenvalue weighted by Crippen LogP contribution is 2.46. The summed E-state index contributed by atoms with van der Waals surface area (Å²) in [5, 5.41) is 3.45. The number of aromatic nitrogens is 1. The van der Waals surface area contributed by atoms with Gasteiger partial charge in [-0.05, 0) is 20.8 Å². The van der Waals surface area contributed by atoms with Crippen molar-refractivity contribution in [1.82, 2.24) is 15.2 Å². The van der Waals surface area contributed by atoms with E-state index >= 15 is 0 Å². The van der Waals surface area contributed by atoms with Crippen LogP contribution in [0.15, 0.2) is 10.5 Å². The highest BCUT2D eigenvalue weighted by atomic mass is 32.1. The number of nitrogens with one attached hydrogen (secondary N) is 1. The van der Waals surface area contributed by atoms with Crippen molar-refractivity contribution in [2.75, 3.05) is 13.6 Å². The van der Waals surface area contributed by atoms with E-state index in [9.17, 15) is 0 Å². The fourth-order valence-electron chi connectivity index (χ4n) is 2.35. The Morgan fingerprint density at radius 2 is 2.16 bits per heavy atom. The Balaban J connectivity index is 2.02. The molecular formula is C14H24N4S. The topological polar surface area (TPSA) is 40.5 Å². The lowest BCUT2D eigenvalue weighted by Crippen LogP contribution is -2.72. The van der Waals surface area contributed by atoms with Gasteiger partial charge in [0.05, 0.1) is 17.7 Å². The van der Waals surface area contributed by atoms with Crippen LogP contribution in [0.4, 0.5) is 0 Å². The number of likely N-dealkylation sites (tertiary alicyclic amines) is 1. The molecule has 0 aromatic carbocycles. The minimum absolute atomic E-state index is 0.136. The van der Waals surface area contributed by atoms with Gasteiger partial charge in [-0.15, -0.1) is 11.3 Å². The fourth-order valence-corrected chi connectivity index (χ4v) is 3.07. The van der Waals surface area contributed by atoms with Gasteiger partial charge in [-0.25, -0.2) is 4.98 Å². The third-order valence-corrected chi connectivity index (χ3v) is 5.54. The fraction of sp³-hybridized carbons (Fsp3) is 0.714. The molecule has 1 saturated heterocycles. The monoisotopic (exact) mass is 280 g/mol. The summed E-state index contributed by atoms with van der Waals surface area (Å²) in [7, 11) is 1.85. The van der Waals surface area contributed by atoms with Crippen LogP contribution in [0.5, 0.6) is 0 Å². The van der Waals surface area contributed by atoms with Gasteiger partial charge < -0.3 is 10.2 Å². The highest BCUT2D eigenvalue weighted by molar-refractivity contribution is 7.09. The summed E-state index contributed by atoms with van der Waals surface area (Å²) in [5.74, 6) is 0.983. The zero-order valence-electron chi connectivity index (χ0n) is 12.7. The van der Waals surface area contributed by atoms with E-state index in [-0.39, 0.29) is 5.54 Å². The van der Waals surface area contributed by atoms with Gasteiger partial charge in [0.15, 0.2) is 5.96 Å². The molecule has 1 aromatic heterocycles. The molecule has 0 atom stereocenters. The molecule has 2 rings (SSSR count). The van der Waals surface area contributed by atoms with Gasteiger partial charge in [-0.1, -0.05) is 13.8 Å². The van der Waals surface area contributed by atoms with Crippen LogP contribution >= 0.6 is 11.3 Å². The summed E-state index contributed by atoms with van der Waals surface area (Å²) in [4.78, 5) is 12.3. The van der Waals surface area contributed by atoms with Crippen molar-refractivity contribution in [3.8, 4) is 0 Å². The highest BCUT2D eigenvalue weighted by Gasteiger charge is 2.53. The van der Waals surface area contributed by atoms with E-state index in [2.05, 4.69) is 47.9 Å². The van der Waals surface area contributed by atoms with E-state index in [4.69, 9.17) is 0 Å². The Kier molecular flexibility index (Phi) is 3.60. The Morgan fingerprint density at radius 3 is 2.58 bits per heavy atom. The first kappa shape index (κ1) is 14.3. The van der Waals surface area contributed by atoms with Crippen LogP contribution in [-0.4, -0.2) is 35.0 Å². The van der Waals surface area contributed by atoms with Gasteiger partial charge in [0, 0.05) is 29.4 Å². The summed E-state index contributed by atoms with van der Waals surface area (Å²) >= 11 is 1.69. The first-order chi connectivity index (χ1) is 8.79. The number of aryl methyl sites for hydroxylation is 1. The molecule has 0 radical (unpaired) electrons. The molecule has 0 amide bonds. The maximum Gasteiger partial charge on any atom is 0.194 e. The molecule has 0 unspecified atom stereocenters. The van der Waals surface area contributed by atoms with Crippen molar-refractivity contribution in [2.24, 2.45) is 10.4 Å². The predicted octanol–water partition coefficient (Wildman–Crippen LogP) is 2.65. The molecule has 106 valence electrons. The van der Waals surface area contributed by atoms with E-state index in [0.29, 0.717) is 5.41 Å². The number of nitrogens with zero attached hydrogens (tertiary/aromatic N) is 3. The van der Waals surface area contributed by atoms with Gasteiger partial charge in [-0.3, -0.25) is 4.99 Å². The molecular weight excluding hydrogens is 256 g/mol. The van der Waals surface area contributed by atoms with E-state index in [1.165, 1.54) is 4.88 Å². The van der Waals surface area contributed by atoms with E-state index in [1.54, 1.807) is 11.3 Å². The average molecular weight is 280 g/mol. The zero-order valence-corrected chi connectivity index (χ0v) is 13.6. The first-order valence-electron chi connectivity index (χ1n) is 6.67. The van der Waals surface area contributed by atoms with Crippen molar-refractivity contribution < 1.29 is 0 Å². The third kappa shape index (κ3) is 2.36. The molecule has 2 heterocycles. The molecule has 0 bridgehead atoms. The average Bonchev–Trinajstić information content (AvgIpc) is 2.74. The zero-order chi connectivity index (χ0) is 14.3. The quantitative estimate of drug-likeness (QED) is 0.669. The van der Waals surface area contributed by atoms with Gasteiger partial charge in [0.25, 0.3) is 0 Å². The molecule has 1 aromatic rings. The molecule has 19 heavy (non-hydrogen) atoms. The van der Waals surface area contributed by atoms with Crippen LogP contribution in [0.3, 0.4) is 0 Å². The van der Waals surface area contributed by atoms with Crippen LogP contribution in [0, 0.1) is 12.3 Å². The Bertz CT molecular complexity index is 487. The standard InChI is InChI=1S/C14H24N4S/c1-10-11(19-9-17-10)7-16-12(15-6)18-8-13(2,3)14(18,4)5/h9H,7-8H2,1-6H3,(H,15,16). The second kappa shape index (κ2) is 4.78. The summed E-state index contributed by atoms with van der Waals surface area (Å²) < 4.78 is 0. The summed E-state index contributed by atoms with van der Waals surface area (Å²) in [6.45, 7) is 13.1. The number of hydrogen-bond donors (Lipinski definition) is 1.